The van der Waals surface area contributed by atoms with Crippen LogP contribution in [0.4, 0.5) is 0 Å². The van der Waals surface area contributed by atoms with Crippen molar-refractivity contribution in [3.63, 3.8) is 0 Å². The van der Waals surface area contributed by atoms with Crippen molar-refractivity contribution in [3.8, 4) is 17.0 Å². The van der Waals surface area contributed by atoms with Crippen molar-refractivity contribution in [2.45, 2.75) is 25.4 Å². The predicted molar refractivity (Wildman–Crippen MR) is 135 cm³/mol. The van der Waals surface area contributed by atoms with E-state index in [2.05, 4.69) is 16.0 Å². The van der Waals surface area contributed by atoms with E-state index < -0.39 is 0 Å². The summed E-state index contributed by atoms with van der Waals surface area (Å²) in [5, 5.41) is 2.83. The second kappa shape index (κ2) is 10.2. The summed E-state index contributed by atoms with van der Waals surface area (Å²) in [6.45, 7) is 1.94. The third kappa shape index (κ3) is 4.97. The number of hydrogen-bond acceptors (Lipinski definition) is 5. The first-order valence-electron chi connectivity index (χ1n) is 11.4. The molecule has 8 heteroatoms. The average Bonchev–Trinajstić information content (AvgIpc) is 3.60. The Labute approximate surface area is 207 Å². The molecule has 1 fully saturated rings. The predicted octanol–water partition coefficient (Wildman–Crippen LogP) is 5.59. The number of halogens is 1. The van der Waals surface area contributed by atoms with Crippen LogP contribution in [0.1, 0.15) is 28.9 Å². The van der Waals surface area contributed by atoms with Crippen molar-refractivity contribution in [1.82, 2.24) is 14.3 Å². The van der Waals surface area contributed by atoms with Gasteiger partial charge in [0.1, 0.15) is 5.75 Å². The molecule has 0 N–H and O–H groups in total. The smallest absolute Gasteiger partial charge is 0.254 e. The van der Waals surface area contributed by atoms with Crippen LogP contribution in [0.3, 0.4) is 0 Å². The van der Waals surface area contributed by atoms with Gasteiger partial charge in [0.2, 0.25) is 0 Å². The third-order valence-electron chi connectivity index (χ3n) is 6.11. The SMILES string of the molecule is COc1cccc(C(=O)N(CCc2csc3nc(-c4ccc(Cl)cc4)cn23)CC2CCCO2)c1. The Morgan fingerprint density at radius 2 is 2.15 bits per heavy atom. The zero-order valence-corrected chi connectivity index (χ0v) is 20.5. The van der Waals surface area contributed by atoms with Crippen LogP contribution in [0.5, 0.6) is 5.75 Å². The number of fused-ring (bicyclic) bond motifs is 1. The first kappa shape index (κ1) is 22.9. The van der Waals surface area contributed by atoms with Crippen LogP contribution in [0.15, 0.2) is 60.1 Å². The summed E-state index contributed by atoms with van der Waals surface area (Å²) in [7, 11) is 1.61. The van der Waals surface area contributed by atoms with Crippen LogP contribution in [0, 0.1) is 0 Å². The molecule has 176 valence electrons. The Kier molecular flexibility index (Phi) is 6.85. The molecule has 0 radical (unpaired) electrons. The molecule has 34 heavy (non-hydrogen) atoms. The molecule has 2 aromatic heterocycles. The molecule has 1 unspecified atom stereocenters. The van der Waals surface area contributed by atoms with Crippen molar-refractivity contribution in [3.05, 3.63) is 76.4 Å². The molecule has 0 aliphatic carbocycles. The molecule has 1 saturated heterocycles. The molecule has 2 aromatic carbocycles. The number of aromatic nitrogens is 2. The van der Waals surface area contributed by atoms with Gasteiger partial charge >= 0.3 is 0 Å². The third-order valence-corrected chi connectivity index (χ3v) is 7.25. The minimum absolute atomic E-state index is 0.00615. The lowest BCUT2D eigenvalue weighted by Gasteiger charge is -2.25. The van der Waals surface area contributed by atoms with E-state index in [1.807, 2.05) is 47.4 Å². The number of thiazole rings is 1. The van der Waals surface area contributed by atoms with E-state index in [4.69, 9.17) is 26.1 Å². The second-order valence-electron chi connectivity index (χ2n) is 8.38. The van der Waals surface area contributed by atoms with Crippen LogP contribution >= 0.6 is 22.9 Å². The molecular formula is C26H26ClN3O3S. The molecule has 1 amide bonds. The summed E-state index contributed by atoms with van der Waals surface area (Å²) < 4.78 is 13.3. The van der Waals surface area contributed by atoms with Gasteiger partial charge in [-0.25, -0.2) is 4.98 Å². The highest BCUT2D eigenvalue weighted by Gasteiger charge is 2.24. The van der Waals surface area contributed by atoms with Crippen LogP contribution in [0.2, 0.25) is 5.02 Å². The van der Waals surface area contributed by atoms with E-state index in [9.17, 15) is 4.79 Å². The number of rotatable bonds is 8. The lowest BCUT2D eigenvalue weighted by atomic mass is 10.1. The number of methoxy groups -OCH3 is 1. The van der Waals surface area contributed by atoms with Crippen molar-refractivity contribution in [2.24, 2.45) is 0 Å². The summed E-state index contributed by atoms with van der Waals surface area (Å²) in [6, 6.07) is 15.0. The number of carbonyl (C=O) groups is 1. The van der Waals surface area contributed by atoms with Gasteiger partial charge < -0.3 is 14.4 Å². The van der Waals surface area contributed by atoms with E-state index in [0.717, 1.165) is 47.8 Å². The average molecular weight is 496 g/mol. The molecule has 1 aliphatic rings. The maximum Gasteiger partial charge on any atom is 0.254 e. The van der Waals surface area contributed by atoms with Gasteiger partial charge in [-0.1, -0.05) is 29.8 Å². The van der Waals surface area contributed by atoms with E-state index in [1.165, 1.54) is 0 Å². The van der Waals surface area contributed by atoms with E-state index in [0.29, 0.717) is 29.4 Å². The number of amides is 1. The highest BCUT2D eigenvalue weighted by molar-refractivity contribution is 7.15. The molecule has 5 rings (SSSR count). The summed E-state index contributed by atoms with van der Waals surface area (Å²) in [4.78, 5) is 21.0. The van der Waals surface area contributed by atoms with Gasteiger partial charge in [-0.3, -0.25) is 9.20 Å². The summed E-state index contributed by atoms with van der Waals surface area (Å²) >= 11 is 7.64. The Hall–Kier alpha value is -2.87. The summed E-state index contributed by atoms with van der Waals surface area (Å²) in [5.41, 5.74) is 3.69. The number of nitrogens with zero attached hydrogens (tertiary/aromatic N) is 3. The van der Waals surface area contributed by atoms with Crippen LogP contribution in [-0.2, 0) is 11.2 Å². The number of benzene rings is 2. The van der Waals surface area contributed by atoms with Gasteiger partial charge in [0, 0.05) is 59.5 Å². The number of imidazole rings is 1. The number of carbonyl (C=O) groups excluding carboxylic acids is 1. The molecular weight excluding hydrogens is 470 g/mol. The second-order valence-corrected chi connectivity index (χ2v) is 9.65. The molecule has 1 aliphatic heterocycles. The fourth-order valence-electron chi connectivity index (χ4n) is 4.27. The van der Waals surface area contributed by atoms with Crippen molar-refractivity contribution in [1.29, 1.82) is 0 Å². The first-order chi connectivity index (χ1) is 16.6. The molecule has 0 bridgehead atoms. The zero-order chi connectivity index (χ0) is 23.5. The minimum Gasteiger partial charge on any atom is -0.497 e. The largest absolute Gasteiger partial charge is 0.497 e. The van der Waals surface area contributed by atoms with Crippen LogP contribution in [0.25, 0.3) is 16.2 Å². The topological polar surface area (TPSA) is 56.1 Å². The standard InChI is InChI=1S/C26H26ClN3O3S/c1-32-22-5-2-4-19(14-22)25(31)29(15-23-6-3-13-33-23)12-11-21-17-34-26-28-24(16-30(21)26)18-7-9-20(27)10-8-18/h2,4-5,7-10,14,16-17,23H,3,6,11-13,15H2,1H3. The first-order valence-corrected chi connectivity index (χ1v) is 12.6. The maximum atomic E-state index is 13.4. The highest BCUT2D eigenvalue weighted by atomic mass is 35.5. The van der Waals surface area contributed by atoms with Gasteiger partial charge in [-0.2, -0.15) is 0 Å². The fraction of sp³-hybridized carbons (Fsp3) is 0.308. The van der Waals surface area contributed by atoms with Gasteiger partial charge in [0.15, 0.2) is 4.96 Å². The van der Waals surface area contributed by atoms with Gasteiger partial charge in [-0.05, 0) is 43.2 Å². The Morgan fingerprint density at radius 3 is 2.91 bits per heavy atom. The normalized spacial score (nSPS) is 15.6. The van der Waals surface area contributed by atoms with Gasteiger partial charge in [-0.15, -0.1) is 11.3 Å². The summed E-state index contributed by atoms with van der Waals surface area (Å²) in [5.74, 6) is 0.670. The minimum atomic E-state index is -0.00615. The fourth-order valence-corrected chi connectivity index (χ4v) is 5.30. The lowest BCUT2D eigenvalue weighted by molar-refractivity contribution is 0.0528. The molecule has 4 aromatic rings. The Morgan fingerprint density at radius 1 is 1.29 bits per heavy atom. The lowest BCUT2D eigenvalue weighted by Crippen LogP contribution is -2.38. The van der Waals surface area contributed by atoms with Crippen LogP contribution < -0.4 is 4.74 Å². The summed E-state index contributed by atoms with van der Waals surface area (Å²) in [6.07, 6.45) is 4.88. The van der Waals surface area contributed by atoms with Crippen molar-refractivity contribution in [2.75, 3.05) is 26.8 Å². The van der Waals surface area contributed by atoms with E-state index in [-0.39, 0.29) is 12.0 Å². The van der Waals surface area contributed by atoms with E-state index in [1.54, 1.807) is 24.5 Å². The van der Waals surface area contributed by atoms with Crippen LogP contribution in [-0.4, -0.2) is 53.1 Å². The molecule has 1 atom stereocenters. The molecule has 0 spiro atoms. The molecule has 6 nitrogen and oxygen atoms in total. The zero-order valence-electron chi connectivity index (χ0n) is 18.9. The quantitative estimate of drug-likeness (QED) is 0.320. The van der Waals surface area contributed by atoms with Crippen molar-refractivity contribution < 1.29 is 14.3 Å². The van der Waals surface area contributed by atoms with Gasteiger partial charge in [0.05, 0.1) is 18.9 Å². The Balaban J connectivity index is 1.35. The van der Waals surface area contributed by atoms with E-state index >= 15 is 0 Å². The molecule has 0 saturated carbocycles. The Bertz CT molecular complexity index is 1280. The number of hydrogen-bond donors (Lipinski definition) is 0. The monoisotopic (exact) mass is 495 g/mol. The molecule has 3 heterocycles. The van der Waals surface area contributed by atoms with Gasteiger partial charge in [0.25, 0.3) is 5.91 Å². The highest BCUT2D eigenvalue weighted by Crippen LogP contribution is 2.26. The maximum absolute atomic E-state index is 13.4. The number of ether oxygens (including phenoxy) is 2. The van der Waals surface area contributed by atoms with Crippen molar-refractivity contribution >= 4 is 33.8 Å².